The Hall–Kier alpha value is -3.21. The van der Waals surface area contributed by atoms with Crippen LogP contribution < -0.4 is 21.5 Å². The van der Waals surface area contributed by atoms with Crippen LogP contribution in [0.15, 0.2) is 24.3 Å². The molecule has 35 heavy (non-hydrogen) atoms. The highest BCUT2D eigenvalue weighted by atomic mass is 35.5. The van der Waals surface area contributed by atoms with Crippen molar-refractivity contribution in [2.45, 2.75) is 18.9 Å². The average Bonchev–Trinajstić information content (AvgIpc) is 3.38. The highest BCUT2D eigenvalue weighted by Gasteiger charge is 2.24. The number of halogens is 2. The van der Waals surface area contributed by atoms with E-state index < -0.39 is 5.82 Å². The zero-order valence-corrected chi connectivity index (χ0v) is 20.4. The minimum atomic E-state index is -0.569. The van der Waals surface area contributed by atoms with E-state index in [0.717, 1.165) is 19.4 Å². The van der Waals surface area contributed by atoms with Gasteiger partial charge in [-0.05, 0) is 38.6 Å². The van der Waals surface area contributed by atoms with Crippen LogP contribution >= 0.6 is 11.6 Å². The second-order valence-electron chi connectivity index (χ2n) is 8.80. The number of para-hydroxylation sites is 1. The van der Waals surface area contributed by atoms with Crippen molar-refractivity contribution in [3.8, 4) is 17.1 Å². The minimum Gasteiger partial charge on any atom is -0.462 e. The highest BCUT2D eigenvalue weighted by molar-refractivity contribution is 6.34. The zero-order chi connectivity index (χ0) is 24.7. The number of nitrogen functional groups attached to an aromatic ring is 1. The standard InChI is InChI=1S/C24H28ClFN8O/c1-33-10-4-5-13(33)12-35-24-31-20-15(22(32-24)29-9-8-27)11-16(25)18(19(20)26)14-6-3-7-17-21(14)34(2)23(28)30-17/h3,6-7,11,13H,4-5,8-10,12,27H2,1-2H3,(H2,28,30)(H,29,31,32)/t13-/m0/s1. The molecule has 5 N–H and O–H groups in total. The highest BCUT2D eigenvalue weighted by Crippen LogP contribution is 2.40. The van der Waals surface area contributed by atoms with Crippen LogP contribution in [0, 0.1) is 5.82 Å². The van der Waals surface area contributed by atoms with Crippen molar-refractivity contribution in [2.75, 3.05) is 44.3 Å². The molecule has 0 bridgehead atoms. The first-order valence-electron chi connectivity index (χ1n) is 11.6. The average molecular weight is 499 g/mol. The van der Waals surface area contributed by atoms with Gasteiger partial charge in [0.05, 0.1) is 16.1 Å². The summed E-state index contributed by atoms with van der Waals surface area (Å²) in [6, 6.07) is 7.46. The van der Waals surface area contributed by atoms with Crippen molar-refractivity contribution in [2.24, 2.45) is 12.8 Å². The fraction of sp³-hybridized carbons (Fsp3) is 0.375. The number of nitrogens with one attached hydrogen (secondary N) is 1. The number of nitrogens with zero attached hydrogens (tertiary/aromatic N) is 5. The van der Waals surface area contributed by atoms with E-state index in [1.807, 2.05) is 6.07 Å². The Morgan fingerprint density at radius 3 is 2.83 bits per heavy atom. The van der Waals surface area contributed by atoms with Gasteiger partial charge in [0.15, 0.2) is 5.82 Å². The van der Waals surface area contributed by atoms with E-state index in [1.54, 1.807) is 29.8 Å². The molecule has 184 valence electrons. The first-order valence-corrected chi connectivity index (χ1v) is 11.9. The summed E-state index contributed by atoms with van der Waals surface area (Å²) in [5, 5.41) is 3.82. The summed E-state index contributed by atoms with van der Waals surface area (Å²) in [7, 11) is 3.85. The van der Waals surface area contributed by atoms with Crippen LogP contribution in [0.25, 0.3) is 33.1 Å². The van der Waals surface area contributed by atoms with Gasteiger partial charge in [0.2, 0.25) is 5.95 Å². The Bertz CT molecular complexity index is 1410. The summed E-state index contributed by atoms with van der Waals surface area (Å²) in [4.78, 5) is 15.6. The minimum absolute atomic E-state index is 0.104. The number of aryl methyl sites for hydroxylation is 1. The van der Waals surface area contributed by atoms with Crippen LogP contribution in [0.3, 0.4) is 0 Å². The van der Waals surface area contributed by atoms with E-state index in [4.69, 9.17) is 27.8 Å². The van der Waals surface area contributed by atoms with E-state index >= 15 is 4.39 Å². The zero-order valence-electron chi connectivity index (χ0n) is 19.7. The van der Waals surface area contributed by atoms with E-state index in [2.05, 4.69) is 32.2 Å². The lowest BCUT2D eigenvalue weighted by atomic mass is 10.0. The van der Waals surface area contributed by atoms with Gasteiger partial charge in [-0.1, -0.05) is 23.7 Å². The first-order chi connectivity index (χ1) is 16.9. The Labute approximate surface area is 207 Å². The van der Waals surface area contributed by atoms with Crippen molar-refractivity contribution in [3.05, 3.63) is 35.1 Å². The van der Waals surface area contributed by atoms with Gasteiger partial charge >= 0.3 is 6.01 Å². The summed E-state index contributed by atoms with van der Waals surface area (Å²) in [5.74, 6) is 0.180. The maximum atomic E-state index is 16.2. The van der Waals surface area contributed by atoms with Crippen LogP contribution in [-0.4, -0.2) is 63.7 Å². The molecule has 2 aromatic heterocycles. The third-order valence-electron chi connectivity index (χ3n) is 6.57. The second kappa shape index (κ2) is 9.44. The maximum absolute atomic E-state index is 16.2. The molecule has 4 aromatic rings. The summed E-state index contributed by atoms with van der Waals surface area (Å²) < 4.78 is 23.9. The van der Waals surface area contributed by atoms with Gasteiger partial charge in [-0.15, -0.1) is 0 Å². The summed E-state index contributed by atoms with van der Waals surface area (Å²) in [6.07, 6.45) is 2.15. The van der Waals surface area contributed by atoms with E-state index in [9.17, 15) is 0 Å². The molecule has 0 radical (unpaired) electrons. The lowest BCUT2D eigenvalue weighted by Gasteiger charge is -2.19. The molecule has 3 heterocycles. The molecular formula is C24H28ClFN8O. The normalized spacial score (nSPS) is 16.4. The lowest BCUT2D eigenvalue weighted by Crippen LogP contribution is -2.31. The molecule has 0 amide bonds. The van der Waals surface area contributed by atoms with E-state index in [1.165, 1.54) is 0 Å². The molecule has 9 nitrogen and oxygen atoms in total. The van der Waals surface area contributed by atoms with Crippen molar-refractivity contribution in [1.82, 2.24) is 24.4 Å². The van der Waals surface area contributed by atoms with Gasteiger partial charge in [-0.25, -0.2) is 9.37 Å². The molecule has 2 aromatic carbocycles. The van der Waals surface area contributed by atoms with Crippen molar-refractivity contribution < 1.29 is 9.13 Å². The number of hydrogen-bond acceptors (Lipinski definition) is 8. The van der Waals surface area contributed by atoms with Gasteiger partial charge in [0, 0.05) is 42.7 Å². The molecular weight excluding hydrogens is 471 g/mol. The van der Waals surface area contributed by atoms with Gasteiger partial charge in [-0.3, -0.25) is 0 Å². The Morgan fingerprint density at radius 2 is 2.09 bits per heavy atom. The van der Waals surface area contributed by atoms with Gasteiger partial charge in [0.25, 0.3) is 0 Å². The van der Waals surface area contributed by atoms with Gasteiger partial charge in [0.1, 0.15) is 17.9 Å². The van der Waals surface area contributed by atoms with Crippen LogP contribution in [0.1, 0.15) is 12.8 Å². The molecule has 11 heteroatoms. The number of anilines is 2. The topological polar surface area (TPSA) is 120 Å². The molecule has 0 unspecified atom stereocenters. The SMILES string of the molecule is CN1CCC[C@H]1COc1nc(NCCN)c2cc(Cl)c(-c3cccc4nc(N)n(C)c34)c(F)c2n1. The number of likely N-dealkylation sites (tertiary alicyclic amines) is 1. The molecule has 5 rings (SSSR count). The smallest absolute Gasteiger partial charge is 0.319 e. The quantitative estimate of drug-likeness (QED) is 0.354. The van der Waals surface area contributed by atoms with Gasteiger partial charge < -0.3 is 31.0 Å². The van der Waals surface area contributed by atoms with E-state index in [0.29, 0.717) is 53.4 Å². The van der Waals surface area contributed by atoms with Crippen molar-refractivity contribution >= 4 is 45.3 Å². The molecule has 1 aliphatic heterocycles. The fourth-order valence-electron chi connectivity index (χ4n) is 4.66. The Balaban J connectivity index is 1.66. The molecule has 0 spiro atoms. The molecule has 0 aliphatic carbocycles. The van der Waals surface area contributed by atoms with Gasteiger partial charge in [-0.2, -0.15) is 9.97 Å². The second-order valence-corrected chi connectivity index (χ2v) is 9.21. The first kappa shape index (κ1) is 23.5. The monoisotopic (exact) mass is 498 g/mol. The predicted octanol–water partition coefficient (Wildman–Crippen LogP) is 3.40. The molecule has 1 fully saturated rings. The van der Waals surface area contributed by atoms with Crippen LogP contribution in [0.2, 0.25) is 5.02 Å². The third kappa shape index (κ3) is 4.22. The maximum Gasteiger partial charge on any atom is 0.319 e. The number of aromatic nitrogens is 4. The number of nitrogens with two attached hydrogens (primary N) is 2. The Kier molecular flexibility index (Phi) is 6.35. The van der Waals surface area contributed by atoms with Crippen LogP contribution in [-0.2, 0) is 7.05 Å². The summed E-state index contributed by atoms with van der Waals surface area (Å²) in [5.41, 5.74) is 13.9. The van der Waals surface area contributed by atoms with Crippen molar-refractivity contribution in [3.63, 3.8) is 0 Å². The summed E-state index contributed by atoms with van der Waals surface area (Å²) in [6.45, 7) is 2.28. The number of benzene rings is 2. The number of hydrogen-bond donors (Lipinski definition) is 3. The largest absolute Gasteiger partial charge is 0.462 e. The van der Waals surface area contributed by atoms with Crippen molar-refractivity contribution in [1.29, 1.82) is 0 Å². The lowest BCUT2D eigenvalue weighted by molar-refractivity contribution is 0.188. The van der Waals surface area contributed by atoms with Crippen LogP contribution in [0.5, 0.6) is 6.01 Å². The van der Waals surface area contributed by atoms with Crippen LogP contribution in [0.4, 0.5) is 16.2 Å². The third-order valence-corrected chi connectivity index (χ3v) is 6.87. The van der Waals surface area contributed by atoms with E-state index in [-0.39, 0.29) is 28.2 Å². The number of likely N-dealkylation sites (N-methyl/N-ethyl adjacent to an activating group) is 1. The molecule has 0 saturated carbocycles. The number of fused-ring (bicyclic) bond motifs is 2. The number of imidazole rings is 1. The molecule has 1 aliphatic rings. The summed E-state index contributed by atoms with van der Waals surface area (Å²) >= 11 is 6.67. The number of ether oxygens (including phenoxy) is 1. The number of rotatable bonds is 7. The predicted molar refractivity (Wildman–Crippen MR) is 137 cm³/mol. The molecule has 1 atom stereocenters. The Morgan fingerprint density at radius 1 is 1.26 bits per heavy atom. The fourth-order valence-corrected chi connectivity index (χ4v) is 4.96. The molecule has 1 saturated heterocycles.